The zero-order chi connectivity index (χ0) is 12.8. The van der Waals surface area contributed by atoms with Crippen molar-refractivity contribution in [2.45, 2.75) is 20.3 Å². The molecule has 17 heavy (non-hydrogen) atoms. The molecule has 1 atom stereocenters. The molecule has 0 saturated carbocycles. The van der Waals surface area contributed by atoms with Gasteiger partial charge in [0.2, 0.25) is 11.8 Å². The maximum Gasteiger partial charge on any atom is 0.236 e. The van der Waals surface area contributed by atoms with Gasteiger partial charge in [-0.05, 0) is 18.9 Å². The Bertz CT molecular complexity index is 398. The molecule has 0 aliphatic carbocycles. The number of carbonyl (C=O) groups is 2. The maximum absolute atomic E-state index is 11.6. The molecule has 0 radical (unpaired) electrons. The number of hydrogen-bond donors (Lipinski definition) is 2. The largest absolute Gasteiger partial charge is 0.368 e. The number of rotatable bonds is 5. The number of carbonyl (C=O) groups excluding carboxylic acids is 2. The quantitative estimate of drug-likeness (QED) is 0.790. The average Bonchev–Trinajstić information content (AvgIpc) is 2.28. The van der Waals surface area contributed by atoms with E-state index in [4.69, 9.17) is 5.73 Å². The molecule has 0 fully saturated rings. The fourth-order valence-electron chi connectivity index (χ4n) is 1.52. The normalized spacial score (nSPS) is 11.9. The van der Waals surface area contributed by atoms with E-state index >= 15 is 0 Å². The van der Waals surface area contributed by atoms with Crippen LogP contribution in [-0.4, -0.2) is 18.4 Å². The average molecular weight is 234 g/mol. The van der Waals surface area contributed by atoms with Crippen LogP contribution >= 0.6 is 0 Å². The first-order chi connectivity index (χ1) is 7.99. The van der Waals surface area contributed by atoms with Crippen LogP contribution in [0.3, 0.4) is 0 Å². The molecule has 92 valence electrons. The summed E-state index contributed by atoms with van der Waals surface area (Å²) in [6.07, 6.45) is 0.658. The SMILES string of the molecule is Cc1ccc(C[C@@H](C)C(=O)NCC(N)=O)cc1. The summed E-state index contributed by atoms with van der Waals surface area (Å²) in [6.45, 7) is 3.75. The molecule has 1 rings (SSSR count). The van der Waals surface area contributed by atoms with Gasteiger partial charge in [0.05, 0.1) is 6.54 Å². The molecule has 0 unspecified atom stereocenters. The monoisotopic (exact) mass is 234 g/mol. The van der Waals surface area contributed by atoms with Crippen molar-refractivity contribution >= 4 is 11.8 Å². The summed E-state index contributed by atoms with van der Waals surface area (Å²) >= 11 is 0. The third-order valence-electron chi connectivity index (χ3n) is 2.55. The van der Waals surface area contributed by atoms with Gasteiger partial charge in [-0.25, -0.2) is 0 Å². The van der Waals surface area contributed by atoms with Crippen LogP contribution in [0.5, 0.6) is 0 Å². The highest BCUT2D eigenvalue weighted by molar-refractivity contribution is 5.84. The van der Waals surface area contributed by atoms with Crippen molar-refractivity contribution in [3.05, 3.63) is 35.4 Å². The van der Waals surface area contributed by atoms with Crippen LogP contribution in [0.25, 0.3) is 0 Å². The Morgan fingerprint density at radius 1 is 1.29 bits per heavy atom. The van der Waals surface area contributed by atoms with Gasteiger partial charge in [-0.15, -0.1) is 0 Å². The summed E-state index contributed by atoms with van der Waals surface area (Å²) < 4.78 is 0. The maximum atomic E-state index is 11.6. The van der Waals surface area contributed by atoms with E-state index < -0.39 is 5.91 Å². The minimum absolute atomic E-state index is 0.100. The Kier molecular flexibility index (Phi) is 4.69. The molecule has 1 aromatic carbocycles. The molecule has 1 aromatic rings. The summed E-state index contributed by atoms with van der Waals surface area (Å²) in [5.41, 5.74) is 7.26. The molecule has 0 bridgehead atoms. The fraction of sp³-hybridized carbons (Fsp3) is 0.385. The Morgan fingerprint density at radius 3 is 2.41 bits per heavy atom. The number of nitrogens with two attached hydrogens (primary N) is 1. The number of primary amides is 1. The van der Waals surface area contributed by atoms with E-state index in [1.807, 2.05) is 38.1 Å². The van der Waals surface area contributed by atoms with E-state index in [1.54, 1.807) is 0 Å². The first-order valence-corrected chi connectivity index (χ1v) is 5.60. The van der Waals surface area contributed by atoms with Gasteiger partial charge in [0.25, 0.3) is 0 Å². The summed E-state index contributed by atoms with van der Waals surface area (Å²) in [5, 5.41) is 2.50. The summed E-state index contributed by atoms with van der Waals surface area (Å²) in [4.78, 5) is 22.1. The van der Waals surface area contributed by atoms with Crippen LogP contribution in [0.1, 0.15) is 18.1 Å². The van der Waals surface area contributed by atoms with Gasteiger partial charge in [-0.2, -0.15) is 0 Å². The fourth-order valence-corrected chi connectivity index (χ4v) is 1.52. The van der Waals surface area contributed by atoms with Crippen LogP contribution in [0.4, 0.5) is 0 Å². The lowest BCUT2D eigenvalue weighted by molar-refractivity contribution is -0.127. The first-order valence-electron chi connectivity index (χ1n) is 5.60. The molecular weight excluding hydrogens is 216 g/mol. The molecule has 2 amide bonds. The van der Waals surface area contributed by atoms with Crippen LogP contribution < -0.4 is 11.1 Å². The van der Waals surface area contributed by atoms with E-state index in [2.05, 4.69) is 5.32 Å². The number of amides is 2. The molecule has 0 heterocycles. The Labute approximate surface area is 101 Å². The van der Waals surface area contributed by atoms with Crippen LogP contribution in [0.2, 0.25) is 0 Å². The predicted octanol–water partition coefficient (Wildman–Crippen LogP) is 0.775. The van der Waals surface area contributed by atoms with E-state index in [0.29, 0.717) is 6.42 Å². The van der Waals surface area contributed by atoms with Crippen molar-refractivity contribution in [3.63, 3.8) is 0 Å². The zero-order valence-electron chi connectivity index (χ0n) is 10.2. The highest BCUT2D eigenvalue weighted by atomic mass is 16.2. The molecule has 0 aromatic heterocycles. The third kappa shape index (κ3) is 4.68. The lowest BCUT2D eigenvalue weighted by Gasteiger charge is -2.11. The second-order valence-electron chi connectivity index (χ2n) is 4.27. The van der Waals surface area contributed by atoms with Gasteiger partial charge < -0.3 is 11.1 Å². The highest BCUT2D eigenvalue weighted by Crippen LogP contribution is 2.09. The van der Waals surface area contributed by atoms with Crippen LogP contribution in [-0.2, 0) is 16.0 Å². The molecule has 4 nitrogen and oxygen atoms in total. The van der Waals surface area contributed by atoms with Crippen LogP contribution in [0, 0.1) is 12.8 Å². The first kappa shape index (κ1) is 13.2. The summed E-state index contributed by atoms with van der Waals surface area (Å²) in [7, 11) is 0. The number of nitrogens with one attached hydrogen (secondary N) is 1. The number of hydrogen-bond acceptors (Lipinski definition) is 2. The summed E-state index contributed by atoms with van der Waals surface area (Å²) in [6, 6.07) is 8.05. The zero-order valence-corrected chi connectivity index (χ0v) is 10.2. The van der Waals surface area contributed by atoms with E-state index in [0.717, 1.165) is 5.56 Å². The van der Waals surface area contributed by atoms with Crippen molar-refractivity contribution in [3.8, 4) is 0 Å². The van der Waals surface area contributed by atoms with Gasteiger partial charge in [0.15, 0.2) is 0 Å². The molecule has 4 heteroatoms. The second kappa shape index (κ2) is 6.03. The van der Waals surface area contributed by atoms with E-state index in [1.165, 1.54) is 5.56 Å². The van der Waals surface area contributed by atoms with Crippen molar-refractivity contribution in [1.29, 1.82) is 0 Å². The standard InChI is InChI=1S/C13H18N2O2/c1-9-3-5-11(6-4-9)7-10(2)13(17)15-8-12(14)16/h3-6,10H,7-8H2,1-2H3,(H2,14,16)(H,15,17)/t10-/m1/s1. The molecule has 3 N–H and O–H groups in total. The number of aryl methyl sites for hydroxylation is 1. The summed E-state index contributed by atoms with van der Waals surface area (Å²) in [5.74, 6) is -0.845. The minimum Gasteiger partial charge on any atom is -0.368 e. The molecule has 0 aliphatic rings. The van der Waals surface area contributed by atoms with E-state index in [9.17, 15) is 9.59 Å². The minimum atomic E-state index is -0.527. The smallest absolute Gasteiger partial charge is 0.236 e. The van der Waals surface area contributed by atoms with Gasteiger partial charge in [-0.3, -0.25) is 9.59 Å². The van der Waals surface area contributed by atoms with Crippen molar-refractivity contribution in [1.82, 2.24) is 5.32 Å². The molecular formula is C13H18N2O2. The van der Waals surface area contributed by atoms with Crippen molar-refractivity contribution in [2.24, 2.45) is 11.7 Å². The Morgan fingerprint density at radius 2 is 1.88 bits per heavy atom. The molecule has 0 spiro atoms. The van der Waals surface area contributed by atoms with Gasteiger partial charge >= 0.3 is 0 Å². The van der Waals surface area contributed by atoms with Crippen LogP contribution in [0.15, 0.2) is 24.3 Å². The molecule has 0 aliphatic heterocycles. The Hall–Kier alpha value is -1.84. The number of benzene rings is 1. The van der Waals surface area contributed by atoms with E-state index in [-0.39, 0.29) is 18.4 Å². The van der Waals surface area contributed by atoms with Gasteiger partial charge in [-0.1, -0.05) is 36.8 Å². The second-order valence-corrected chi connectivity index (χ2v) is 4.27. The van der Waals surface area contributed by atoms with Gasteiger partial charge in [0, 0.05) is 5.92 Å². The lowest BCUT2D eigenvalue weighted by atomic mass is 9.99. The van der Waals surface area contributed by atoms with Gasteiger partial charge in [0.1, 0.15) is 0 Å². The highest BCUT2D eigenvalue weighted by Gasteiger charge is 2.13. The van der Waals surface area contributed by atoms with Crippen molar-refractivity contribution in [2.75, 3.05) is 6.54 Å². The lowest BCUT2D eigenvalue weighted by Crippen LogP contribution is -2.36. The predicted molar refractivity (Wildman–Crippen MR) is 66.3 cm³/mol. The topological polar surface area (TPSA) is 72.2 Å². The van der Waals surface area contributed by atoms with Crippen molar-refractivity contribution < 1.29 is 9.59 Å². The molecule has 0 saturated heterocycles. The Balaban J connectivity index is 2.48. The third-order valence-corrected chi connectivity index (χ3v) is 2.55.